The molecule has 3 nitrogen and oxygen atoms in total. The molecule has 4 rings (SSSR count). The van der Waals surface area contributed by atoms with E-state index >= 15 is 0 Å². The number of esters is 1. The lowest BCUT2D eigenvalue weighted by Crippen LogP contribution is -2.53. The number of hydrogen-bond acceptors (Lipinski definition) is 3. The molecule has 1 aliphatic carbocycles. The number of carbonyl (C=O) groups is 1. The fraction of sp³-hybridized carbons (Fsp3) is 0.500. The molecule has 1 aromatic rings. The van der Waals surface area contributed by atoms with Crippen molar-refractivity contribution in [1.82, 2.24) is 0 Å². The van der Waals surface area contributed by atoms with Crippen LogP contribution in [0, 0.1) is 17.3 Å². The summed E-state index contributed by atoms with van der Waals surface area (Å²) < 4.78 is 10.9. The first-order valence-electron chi connectivity index (χ1n) is 6.10. The van der Waals surface area contributed by atoms with Gasteiger partial charge in [0.1, 0.15) is 0 Å². The van der Waals surface area contributed by atoms with Gasteiger partial charge < -0.3 is 9.47 Å². The molecule has 0 N–H and O–H groups in total. The summed E-state index contributed by atoms with van der Waals surface area (Å²) >= 11 is 0. The molecule has 3 aliphatic rings. The van der Waals surface area contributed by atoms with Gasteiger partial charge in [0.25, 0.3) is 0 Å². The Morgan fingerprint density at radius 3 is 2.82 bits per heavy atom. The van der Waals surface area contributed by atoms with Gasteiger partial charge in [0, 0.05) is 17.3 Å². The lowest BCUT2D eigenvalue weighted by Gasteiger charge is -2.50. The van der Waals surface area contributed by atoms with Crippen molar-refractivity contribution in [1.29, 1.82) is 0 Å². The summed E-state index contributed by atoms with van der Waals surface area (Å²) in [5.41, 5.74) is 1.15. The molecular formula is C14H14O3. The minimum atomic E-state index is -0.301. The van der Waals surface area contributed by atoms with Crippen molar-refractivity contribution in [2.45, 2.75) is 19.1 Å². The molecule has 88 valence electrons. The van der Waals surface area contributed by atoms with Crippen molar-refractivity contribution < 1.29 is 14.3 Å². The molecule has 2 saturated heterocycles. The number of rotatable bonds is 1. The highest BCUT2D eigenvalue weighted by molar-refractivity contribution is 5.80. The largest absolute Gasteiger partial charge is 0.435 e. The standard InChI is InChI=1S/C14H14O3/c1-14-9-7-16-13(14)17-12(15)11(14)10(9)8-5-3-2-4-6-8/h2-6,9-11,13H,7H2,1H3/t9-,10+,11-,13?,14-/m0/s1. The second kappa shape index (κ2) is 2.91. The van der Waals surface area contributed by atoms with Crippen molar-refractivity contribution in [3.63, 3.8) is 0 Å². The van der Waals surface area contributed by atoms with Crippen LogP contribution in [0.4, 0.5) is 0 Å². The first-order chi connectivity index (χ1) is 8.23. The second-order valence-electron chi connectivity index (χ2n) is 5.49. The minimum Gasteiger partial charge on any atom is -0.435 e. The zero-order valence-electron chi connectivity index (χ0n) is 9.63. The summed E-state index contributed by atoms with van der Waals surface area (Å²) in [6, 6.07) is 10.3. The third kappa shape index (κ3) is 0.951. The third-order valence-corrected chi connectivity index (χ3v) is 4.86. The van der Waals surface area contributed by atoms with Crippen molar-refractivity contribution in [3.8, 4) is 0 Å². The van der Waals surface area contributed by atoms with Gasteiger partial charge in [-0.2, -0.15) is 0 Å². The summed E-state index contributed by atoms with van der Waals surface area (Å²) in [5, 5.41) is 0. The van der Waals surface area contributed by atoms with Gasteiger partial charge in [0.2, 0.25) is 6.29 Å². The molecule has 0 spiro atoms. The molecule has 0 amide bonds. The maximum atomic E-state index is 11.9. The average molecular weight is 230 g/mol. The molecule has 5 atom stereocenters. The highest BCUT2D eigenvalue weighted by Gasteiger charge is 2.74. The summed E-state index contributed by atoms with van der Waals surface area (Å²) in [4.78, 5) is 11.9. The van der Waals surface area contributed by atoms with Crippen LogP contribution in [0.15, 0.2) is 30.3 Å². The fourth-order valence-corrected chi connectivity index (χ4v) is 3.93. The van der Waals surface area contributed by atoms with Crippen LogP contribution < -0.4 is 0 Å². The Morgan fingerprint density at radius 1 is 1.29 bits per heavy atom. The highest BCUT2D eigenvalue weighted by Crippen LogP contribution is 2.69. The van der Waals surface area contributed by atoms with Gasteiger partial charge >= 0.3 is 5.97 Å². The Kier molecular flexibility index (Phi) is 1.65. The normalized spacial score (nSPS) is 46.3. The van der Waals surface area contributed by atoms with E-state index in [1.807, 2.05) is 18.2 Å². The van der Waals surface area contributed by atoms with E-state index in [-0.39, 0.29) is 29.5 Å². The predicted octanol–water partition coefficient (Wildman–Crippen LogP) is 1.94. The maximum Gasteiger partial charge on any atom is 0.312 e. The Hall–Kier alpha value is -1.35. The SMILES string of the molecule is C[C@]12C3OC[C@H]1[C@@H](c1ccccc1)[C@H]2C(=O)O3. The summed E-state index contributed by atoms with van der Waals surface area (Å²) in [6.45, 7) is 2.84. The molecule has 1 saturated carbocycles. The van der Waals surface area contributed by atoms with E-state index in [9.17, 15) is 4.79 Å². The molecule has 17 heavy (non-hydrogen) atoms. The van der Waals surface area contributed by atoms with Crippen LogP contribution in [-0.4, -0.2) is 18.9 Å². The molecular weight excluding hydrogens is 216 g/mol. The summed E-state index contributed by atoms with van der Waals surface area (Å²) in [6.07, 6.45) is -0.301. The highest BCUT2D eigenvalue weighted by atomic mass is 16.7. The van der Waals surface area contributed by atoms with Gasteiger partial charge in [0.05, 0.1) is 12.5 Å². The quantitative estimate of drug-likeness (QED) is 0.692. The Bertz CT molecular complexity index is 484. The van der Waals surface area contributed by atoms with Crippen molar-refractivity contribution >= 4 is 5.97 Å². The smallest absolute Gasteiger partial charge is 0.312 e. The van der Waals surface area contributed by atoms with E-state index in [0.717, 1.165) is 0 Å². The van der Waals surface area contributed by atoms with Crippen molar-refractivity contribution in [3.05, 3.63) is 35.9 Å². The van der Waals surface area contributed by atoms with Crippen LogP contribution in [0.3, 0.4) is 0 Å². The number of benzene rings is 1. The molecule has 2 aliphatic heterocycles. The second-order valence-corrected chi connectivity index (χ2v) is 5.49. The Morgan fingerprint density at radius 2 is 2.06 bits per heavy atom. The average Bonchev–Trinajstić information content (AvgIpc) is 2.66. The van der Waals surface area contributed by atoms with Gasteiger partial charge in [-0.25, -0.2) is 0 Å². The van der Waals surface area contributed by atoms with E-state index in [4.69, 9.17) is 9.47 Å². The Balaban J connectivity index is 1.78. The molecule has 0 aromatic heterocycles. The Labute approximate surface area is 99.7 Å². The van der Waals surface area contributed by atoms with Crippen LogP contribution in [0.2, 0.25) is 0 Å². The topological polar surface area (TPSA) is 35.5 Å². The van der Waals surface area contributed by atoms with E-state index in [1.165, 1.54) is 5.56 Å². The van der Waals surface area contributed by atoms with Crippen LogP contribution in [0.25, 0.3) is 0 Å². The molecule has 3 fully saturated rings. The monoisotopic (exact) mass is 230 g/mol. The lowest BCUT2D eigenvalue weighted by molar-refractivity contribution is -0.162. The van der Waals surface area contributed by atoms with Crippen LogP contribution >= 0.6 is 0 Å². The van der Waals surface area contributed by atoms with E-state index in [0.29, 0.717) is 12.5 Å². The zero-order chi connectivity index (χ0) is 11.6. The first-order valence-corrected chi connectivity index (χ1v) is 6.10. The summed E-state index contributed by atoms with van der Waals surface area (Å²) in [5.74, 6) is 0.609. The molecule has 1 unspecified atom stereocenters. The van der Waals surface area contributed by atoms with E-state index in [1.54, 1.807) is 0 Å². The molecule has 0 radical (unpaired) electrons. The van der Waals surface area contributed by atoms with Gasteiger partial charge in [-0.3, -0.25) is 4.79 Å². The molecule has 3 heteroatoms. The van der Waals surface area contributed by atoms with Gasteiger partial charge in [0.15, 0.2) is 0 Å². The van der Waals surface area contributed by atoms with Crippen LogP contribution in [0.1, 0.15) is 18.4 Å². The third-order valence-electron chi connectivity index (χ3n) is 4.86. The van der Waals surface area contributed by atoms with Crippen molar-refractivity contribution in [2.75, 3.05) is 6.61 Å². The van der Waals surface area contributed by atoms with Gasteiger partial charge in [-0.05, 0) is 5.56 Å². The van der Waals surface area contributed by atoms with Gasteiger partial charge in [-0.1, -0.05) is 37.3 Å². The van der Waals surface area contributed by atoms with E-state index < -0.39 is 0 Å². The molecule has 1 aromatic carbocycles. The van der Waals surface area contributed by atoms with Crippen LogP contribution in [0.5, 0.6) is 0 Å². The van der Waals surface area contributed by atoms with Crippen molar-refractivity contribution in [2.24, 2.45) is 17.3 Å². The number of carbonyl (C=O) groups excluding carboxylic acids is 1. The summed E-state index contributed by atoms with van der Waals surface area (Å²) in [7, 11) is 0. The molecule has 0 bridgehead atoms. The lowest BCUT2D eigenvalue weighted by atomic mass is 9.48. The first kappa shape index (κ1) is 9.66. The van der Waals surface area contributed by atoms with E-state index in [2.05, 4.69) is 19.1 Å². The number of ether oxygens (including phenoxy) is 2. The van der Waals surface area contributed by atoms with Gasteiger partial charge in [-0.15, -0.1) is 0 Å². The number of hydrogen-bond donors (Lipinski definition) is 0. The fourth-order valence-electron chi connectivity index (χ4n) is 3.93. The maximum absolute atomic E-state index is 11.9. The van der Waals surface area contributed by atoms with Crippen LogP contribution in [-0.2, 0) is 14.3 Å². The zero-order valence-corrected chi connectivity index (χ0v) is 9.63. The predicted molar refractivity (Wildman–Crippen MR) is 60.1 cm³/mol. The minimum absolute atomic E-state index is 0.0117. The molecule has 2 heterocycles.